The highest BCUT2D eigenvalue weighted by molar-refractivity contribution is 5.95. The van der Waals surface area contributed by atoms with Crippen molar-refractivity contribution in [2.24, 2.45) is 0 Å². The molecule has 0 aromatic heterocycles. The first kappa shape index (κ1) is 18.3. The van der Waals surface area contributed by atoms with Gasteiger partial charge in [0.1, 0.15) is 0 Å². The van der Waals surface area contributed by atoms with Crippen LogP contribution in [0.15, 0.2) is 35.5 Å². The summed E-state index contributed by atoms with van der Waals surface area (Å²) >= 11 is 0. The average molecular weight is 359 g/mol. The molecule has 0 bridgehead atoms. The fourth-order valence-electron chi connectivity index (χ4n) is 3.42. The number of ether oxygens (including phenoxy) is 1. The lowest BCUT2D eigenvalue weighted by molar-refractivity contribution is -0.139. The van der Waals surface area contributed by atoms with E-state index in [4.69, 9.17) is 4.74 Å². The lowest BCUT2D eigenvalue weighted by Crippen LogP contribution is -2.45. The molecule has 1 aromatic rings. The summed E-state index contributed by atoms with van der Waals surface area (Å²) in [6.07, 6.45) is 1.32. The maximum atomic E-state index is 12.3. The highest BCUT2D eigenvalue weighted by Gasteiger charge is 2.32. The summed E-state index contributed by atoms with van der Waals surface area (Å²) in [5, 5.41) is 15.1. The van der Waals surface area contributed by atoms with Gasteiger partial charge in [0.15, 0.2) is 0 Å². The number of nitrogens with one attached hydrogen (secondary N) is 2. The van der Waals surface area contributed by atoms with Crippen LogP contribution in [0.25, 0.3) is 0 Å². The van der Waals surface area contributed by atoms with E-state index in [2.05, 4.69) is 15.5 Å². The molecule has 2 amide bonds. The van der Waals surface area contributed by atoms with Crippen molar-refractivity contribution in [3.8, 4) is 0 Å². The minimum atomic E-state index is -0.542. The minimum absolute atomic E-state index is 0.212. The summed E-state index contributed by atoms with van der Waals surface area (Å²) in [6, 6.07) is 6.93. The van der Waals surface area contributed by atoms with Crippen molar-refractivity contribution in [1.29, 1.82) is 0 Å². The molecule has 1 fully saturated rings. The Kier molecular flexibility index (Phi) is 5.46. The van der Waals surface area contributed by atoms with Crippen molar-refractivity contribution < 1.29 is 19.4 Å². The van der Waals surface area contributed by atoms with Crippen LogP contribution in [-0.4, -0.2) is 42.9 Å². The van der Waals surface area contributed by atoms with Crippen LogP contribution in [0.5, 0.6) is 0 Å². The van der Waals surface area contributed by atoms with E-state index in [-0.39, 0.29) is 18.7 Å². The molecule has 2 heterocycles. The van der Waals surface area contributed by atoms with E-state index in [0.29, 0.717) is 11.3 Å². The number of allylic oxidation sites excluding steroid dienone is 1. The van der Waals surface area contributed by atoms with Gasteiger partial charge in [-0.2, -0.15) is 0 Å². The van der Waals surface area contributed by atoms with E-state index >= 15 is 0 Å². The number of hydrogen-bond donors (Lipinski definition) is 3. The van der Waals surface area contributed by atoms with Crippen molar-refractivity contribution in [3.63, 3.8) is 0 Å². The number of nitrogens with zero attached hydrogens (tertiary/aromatic N) is 1. The second-order valence-corrected chi connectivity index (χ2v) is 6.60. The van der Waals surface area contributed by atoms with Crippen molar-refractivity contribution in [2.75, 3.05) is 24.6 Å². The Hall–Kier alpha value is -2.54. The van der Waals surface area contributed by atoms with E-state index in [1.165, 1.54) is 0 Å². The molecule has 140 valence electrons. The second-order valence-electron chi connectivity index (χ2n) is 6.60. The molecule has 0 spiro atoms. The number of hydrogen-bond acceptors (Lipinski definition) is 5. The SMILES string of the molecule is CCOC(=O)C1=C(C)NC(=O)NC1c1ccc(N2CCC(O)CC2)cc1. The number of esters is 1. The number of amides is 2. The fourth-order valence-corrected chi connectivity index (χ4v) is 3.42. The Morgan fingerprint density at radius 2 is 1.92 bits per heavy atom. The van der Waals surface area contributed by atoms with Crippen LogP contribution in [0, 0.1) is 0 Å². The van der Waals surface area contributed by atoms with Crippen molar-refractivity contribution in [1.82, 2.24) is 10.6 Å². The second kappa shape index (κ2) is 7.78. The van der Waals surface area contributed by atoms with E-state index in [1.807, 2.05) is 24.3 Å². The Morgan fingerprint density at radius 1 is 1.27 bits per heavy atom. The lowest BCUT2D eigenvalue weighted by Gasteiger charge is -2.32. The molecule has 1 atom stereocenters. The standard InChI is InChI=1S/C19H25N3O4/c1-3-26-18(24)16-12(2)20-19(25)21-17(16)13-4-6-14(7-5-13)22-10-8-15(23)9-11-22/h4-7,15,17,23H,3,8-11H2,1-2H3,(H2,20,21,25). The summed E-state index contributed by atoms with van der Waals surface area (Å²) in [6.45, 7) is 5.36. The van der Waals surface area contributed by atoms with Crippen LogP contribution in [0.3, 0.4) is 0 Å². The summed E-state index contributed by atoms with van der Waals surface area (Å²) < 4.78 is 5.15. The van der Waals surface area contributed by atoms with Gasteiger partial charge in [0.25, 0.3) is 0 Å². The maximum absolute atomic E-state index is 12.3. The van der Waals surface area contributed by atoms with Crippen LogP contribution in [0.4, 0.5) is 10.5 Å². The minimum Gasteiger partial charge on any atom is -0.463 e. The van der Waals surface area contributed by atoms with Gasteiger partial charge in [-0.15, -0.1) is 0 Å². The smallest absolute Gasteiger partial charge is 0.338 e. The third-order valence-electron chi connectivity index (χ3n) is 4.82. The van der Waals surface area contributed by atoms with Gasteiger partial charge in [0.05, 0.1) is 24.3 Å². The molecule has 7 nitrogen and oxygen atoms in total. The van der Waals surface area contributed by atoms with E-state index in [9.17, 15) is 14.7 Å². The summed E-state index contributed by atoms with van der Waals surface area (Å²) in [5.41, 5.74) is 2.81. The number of aliphatic hydroxyl groups is 1. The highest BCUT2D eigenvalue weighted by Crippen LogP contribution is 2.29. The van der Waals surface area contributed by atoms with Crippen molar-refractivity contribution >= 4 is 17.7 Å². The molecule has 1 unspecified atom stereocenters. The van der Waals surface area contributed by atoms with E-state index in [1.54, 1.807) is 13.8 Å². The predicted molar refractivity (Wildman–Crippen MR) is 97.6 cm³/mol. The molecule has 1 saturated heterocycles. The Balaban J connectivity index is 1.83. The van der Waals surface area contributed by atoms with Gasteiger partial charge in [-0.05, 0) is 44.4 Å². The monoisotopic (exact) mass is 359 g/mol. The molecular formula is C19H25N3O4. The Labute approximate surface area is 153 Å². The zero-order valence-corrected chi connectivity index (χ0v) is 15.1. The molecule has 0 saturated carbocycles. The molecule has 7 heteroatoms. The molecule has 2 aliphatic rings. The van der Waals surface area contributed by atoms with E-state index < -0.39 is 12.0 Å². The molecule has 3 N–H and O–H groups in total. The van der Waals surface area contributed by atoms with Gasteiger partial charge in [0.2, 0.25) is 0 Å². The van der Waals surface area contributed by atoms with Crippen LogP contribution in [0.1, 0.15) is 38.3 Å². The number of benzene rings is 1. The van der Waals surface area contributed by atoms with Crippen molar-refractivity contribution in [2.45, 2.75) is 38.8 Å². The fraction of sp³-hybridized carbons (Fsp3) is 0.474. The topological polar surface area (TPSA) is 90.9 Å². The number of piperidine rings is 1. The summed E-state index contributed by atoms with van der Waals surface area (Å²) in [7, 11) is 0. The quantitative estimate of drug-likeness (QED) is 0.714. The molecular weight excluding hydrogens is 334 g/mol. The third kappa shape index (κ3) is 3.83. The highest BCUT2D eigenvalue weighted by atomic mass is 16.5. The number of urea groups is 1. The maximum Gasteiger partial charge on any atom is 0.338 e. The molecule has 1 aromatic carbocycles. The lowest BCUT2D eigenvalue weighted by atomic mass is 9.95. The first-order valence-electron chi connectivity index (χ1n) is 8.98. The molecule has 2 aliphatic heterocycles. The van der Waals surface area contributed by atoms with Crippen LogP contribution < -0.4 is 15.5 Å². The number of carbonyl (C=O) groups excluding carboxylic acids is 2. The molecule has 3 rings (SSSR count). The van der Waals surface area contributed by atoms with Crippen molar-refractivity contribution in [3.05, 3.63) is 41.1 Å². The number of rotatable bonds is 4. The average Bonchev–Trinajstić information content (AvgIpc) is 2.62. The largest absolute Gasteiger partial charge is 0.463 e. The van der Waals surface area contributed by atoms with E-state index in [0.717, 1.165) is 37.2 Å². The van der Waals surface area contributed by atoms with Gasteiger partial charge in [0, 0.05) is 24.5 Å². The zero-order valence-electron chi connectivity index (χ0n) is 15.1. The van der Waals surface area contributed by atoms with Gasteiger partial charge < -0.3 is 25.4 Å². The van der Waals surface area contributed by atoms with Gasteiger partial charge in [-0.1, -0.05) is 12.1 Å². The molecule has 26 heavy (non-hydrogen) atoms. The zero-order chi connectivity index (χ0) is 18.7. The number of anilines is 1. The Morgan fingerprint density at radius 3 is 2.54 bits per heavy atom. The first-order chi connectivity index (χ1) is 12.5. The van der Waals surface area contributed by atoms with Gasteiger partial charge >= 0.3 is 12.0 Å². The summed E-state index contributed by atoms with van der Waals surface area (Å²) in [4.78, 5) is 26.5. The Bertz CT molecular complexity index is 706. The molecule has 0 aliphatic carbocycles. The number of aliphatic hydroxyl groups excluding tert-OH is 1. The predicted octanol–water partition coefficient (Wildman–Crippen LogP) is 1.84. The number of carbonyl (C=O) groups is 2. The first-order valence-corrected chi connectivity index (χ1v) is 8.98. The van der Waals surface area contributed by atoms with Crippen LogP contribution in [0.2, 0.25) is 0 Å². The van der Waals surface area contributed by atoms with Crippen LogP contribution in [-0.2, 0) is 9.53 Å². The van der Waals surface area contributed by atoms with Gasteiger partial charge in [-0.3, -0.25) is 0 Å². The normalized spacial score (nSPS) is 21.3. The van der Waals surface area contributed by atoms with Crippen LogP contribution >= 0.6 is 0 Å². The summed E-state index contributed by atoms with van der Waals surface area (Å²) in [5.74, 6) is -0.434. The van der Waals surface area contributed by atoms with Gasteiger partial charge in [-0.25, -0.2) is 9.59 Å². The third-order valence-corrected chi connectivity index (χ3v) is 4.82. The molecule has 0 radical (unpaired) electrons.